The van der Waals surface area contributed by atoms with Crippen LogP contribution in [0.1, 0.15) is 24.1 Å². The Bertz CT molecular complexity index is 465. The van der Waals surface area contributed by atoms with Crippen LogP contribution in [0.5, 0.6) is 0 Å². The average molecular weight is 296 g/mol. The van der Waals surface area contributed by atoms with Crippen molar-refractivity contribution in [2.45, 2.75) is 19.9 Å². The summed E-state index contributed by atoms with van der Waals surface area (Å²) in [5.74, 6) is 0. The van der Waals surface area contributed by atoms with Crippen LogP contribution in [-0.4, -0.2) is 0 Å². The van der Waals surface area contributed by atoms with E-state index in [1.54, 1.807) is 11.3 Å². The first kappa shape index (κ1) is 11.7. The molecule has 0 aliphatic rings. The summed E-state index contributed by atoms with van der Waals surface area (Å²) in [4.78, 5) is 0. The van der Waals surface area contributed by atoms with Gasteiger partial charge in [0, 0.05) is 16.2 Å². The van der Waals surface area contributed by atoms with Gasteiger partial charge < -0.3 is 5.32 Å². The highest BCUT2D eigenvalue weighted by atomic mass is 79.9. The van der Waals surface area contributed by atoms with Gasteiger partial charge in [-0.3, -0.25) is 0 Å². The fourth-order valence-electron chi connectivity index (χ4n) is 1.59. The van der Waals surface area contributed by atoms with Crippen LogP contribution < -0.4 is 5.32 Å². The molecule has 0 radical (unpaired) electrons. The van der Waals surface area contributed by atoms with Gasteiger partial charge in [0.25, 0.3) is 0 Å². The summed E-state index contributed by atoms with van der Waals surface area (Å²) in [5.41, 5.74) is 3.79. The lowest BCUT2D eigenvalue weighted by Crippen LogP contribution is -2.06. The van der Waals surface area contributed by atoms with E-state index in [4.69, 9.17) is 0 Å². The summed E-state index contributed by atoms with van der Waals surface area (Å²) in [6.45, 7) is 4.30. The second kappa shape index (κ2) is 5.02. The van der Waals surface area contributed by atoms with E-state index in [1.807, 2.05) is 0 Å². The lowest BCUT2D eigenvalue weighted by atomic mass is 10.1. The minimum atomic E-state index is 0.347. The Kier molecular flexibility index (Phi) is 3.66. The number of hydrogen-bond donors (Lipinski definition) is 1. The van der Waals surface area contributed by atoms with Crippen molar-refractivity contribution < 1.29 is 0 Å². The molecule has 0 bridgehead atoms. The molecule has 0 aliphatic carbocycles. The van der Waals surface area contributed by atoms with Crippen molar-refractivity contribution in [2.24, 2.45) is 0 Å². The molecule has 1 unspecified atom stereocenters. The van der Waals surface area contributed by atoms with Gasteiger partial charge >= 0.3 is 0 Å². The molecule has 2 rings (SSSR count). The number of rotatable bonds is 3. The molecule has 1 aromatic carbocycles. The number of benzene rings is 1. The van der Waals surface area contributed by atoms with Gasteiger partial charge in [0.2, 0.25) is 0 Å². The van der Waals surface area contributed by atoms with E-state index in [0.29, 0.717) is 6.04 Å². The minimum absolute atomic E-state index is 0.347. The number of halogens is 1. The SMILES string of the molecule is Cc1ccc(Br)cc1NC(C)c1ccsc1. The Morgan fingerprint density at radius 1 is 1.31 bits per heavy atom. The maximum Gasteiger partial charge on any atom is 0.0493 e. The molecular weight excluding hydrogens is 282 g/mol. The molecule has 1 N–H and O–H groups in total. The summed E-state index contributed by atoms with van der Waals surface area (Å²) in [7, 11) is 0. The Morgan fingerprint density at radius 3 is 2.81 bits per heavy atom. The van der Waals surface area contributed by atoms with Crippen LogP contribution in [0.4, 0.5) is 5.69 Å². The highest BCUT2D eigenvalue weighted by Crippen LogP contribution is 2.26. The Morgan fingerprint density at radius 2 is 2.12 bits per heavy atom. The fraction of sp³-hybridized carbons (Fsp3) is 0.231. The molecule has 0 fully saturated rings. The highest BCUT2D eigenvalue weighted by molar-refractivity contribution is 9.10. The number of anilines is 1. The topological polar surface area (TPSA) is 12.0 Å². The van der Waals surface area contributed by atoms with E-state index in [-0.39, 0.29) is 0 Å². The molecule has 3 heteroatoms. The van der Waals surface area contributed by atoms with Crippen LogP contribution in [0.3, 0.4) is 0 Å². The molecule has 0 saturated heterocycles. The molecule has 1 atom stereocenters. The van der Waals surface area contributed by atoms with Gasteiger partial charge in [0.1, 0.15) is 0 Å². The highest BCUT2D eigenvalue weighted by Gasteiger charge is 2.07. The van der Waals surface area contributed by atoms with Crippen molar-refractivity contribution in [3.05, 3.63) is 50.6 Å². The lowest BCUT2D eigenvalue weighted by molar-refractivity contribution is 0.888. The number of nitrogens with one attached hydrogen (secondary N) is 1. The van der Waals surface area contributed by atoms with E-state index in [9.17, 15) is 0 Å². The smallest absolute Gasteiger partial charge is 0.0493 e. The van der Waals surface area contributed by atoms with Crippen LogP contribution in [0.15, 0.2) is 39.5 Å². The van der Waals surface area contributed by atoms with Crippen molar-refractivity contribution >= 4 is 33.0 Å². The van der Waals surface area contributed by atoms with Crippen molar-refractivity contribution in [2.75, 3.05) is 5.32 Å². The molecule has 0 aliphatic heterocycles. The molecule has 0 amide bonds. The Hall–Kier alpha value is -0.800. The maximum atomic E-state index is 3.53. The average Bonchev–Trinajstić information content (AvgIpc) is 2.76. The quantitative estimate of drug-likeness (QED) is 0.841. The normalized spacial score (nSPS) is 12.4. The van der Waals surface area contributed by atoms with E-state index in [1.165, 1.54) is 16.8 Å². The first-order chi connectivity index (χ1) is 7.66. The van der Waals surface area contributed by atoms with Gasteiger partial charge in [-0.05, 0) is 53.9 Å². The molecule has 1 heterocycles. The number of hydrogen-bond acceptors (Lipinski definition) is 2. The molecule has 16 heavy (non-hydrogen) atoms. The first-order valence-electron chi connectivity index (χ1n) is 5.21. The molecule has 1 nitrogen and oxygen atoms in total. The second-order valence-electron chi connectivity index (χ2n) is 3.88. The second-order valence-corrected chi connectivity index (χ2v) is 5.58. The molecular formula is C13H14BrNS. The largest absolute Gasteiger partial charge is 0.378 e. The van der Waals surface area contributed by atoms with E-state index < -0.39 is 0 Å². The Balaban J connectivity index is 2.17. The zero-order chi connectivity index (χ0) is 11.5. The van der Waals surface area contributed by atoms with Gasteiger partial charge in [-0.25, -0.2) is 0 Å². The number of thiophene rings is 1. The van der Waals surface area contributed by atoms with Crippen LogP contribution in [0.2, 0.25) is 0 Å². The molecule has 84 valence electrons. The summed E-state index contributed by atoms with van der Waals surface area (Å²) in [5, 5.41) is 7.83. The molecule has 2 aromatic rings. The molecule has 1 aromatic heterocycles. The maximum absolute atomic E-state index is 3.53. The van der Waals surface area contributed by atoms with Crippen LogP contribution in [0, 0.1) is 6.92 Å². The number of aryl methyl sites for hydroxylation is 1. The summed E-state index contributed by atoms with van der Waals surface area (Å²) in [6.07, 6.45) is 0. The third-order valence-corrected chi connectivity index (χ3v) is 3.81. The fourth-order valence-corrected chi connectivity index (χ4v) is 2.70. The van der Waals surface area contributed by atoms with Crippen LogP contribution >= 0.6 is 27.3 Å². The third-order valence-electron chi connectivity index (χ3n) is 2.61. The first-order valence-corrected chi connectivity index (χ1v) is 6.95. The molecule has 0 saturated carbocycles. The predicted octanol–water partition coefficient (Wildman–Crippen LogP) is 4.99. The van der Waals surface area contributed by atoms with Crippen molar-refractivity contribution in [3.8, 4) is 0 Å². The van der Waals surface area contributed by atoms with Gasteiger partial charge in [-0.2, -0.15) is 11.3 Å². The summed E-state index contributed by atoms with van der Waals surface area (Å²) in [6, 6.07) is 8.82. The monoisotopic (exact) mass is 295 g/mol. The van der Waals surface area contributed by atoms with Crippen LogP contribution in [-0.2, 0) is 0 Å². The van der Waals surface area contributed by atoms with Crippen molar-refractivity contribution in [3.63, 3.8) is 0 Å². The standard InChI is InChI=1S/C13H14BrNS/c1-9-3-4-12(14)7-13(9)15-10(2)11-5-6-16-8-11/h3-8,10,15H,1-2H3. The Labute approximate surface area is 109 Å². The van der Waals surface area contributed by atoms with E-state index in [2.05, 4.69) is 70.1 Å². The van der Waals surface area contributed by atoms with Crippen LogP contribution in [0.25, 0.3) is 0 Å². The zero-order valence-corrected chi connectivity index (χ0v) is 11.7. The van der Waals surface area contributed by atoms with Gasteiger partial charge in [0.05, 0.1) is 0 Å². The minimum Gasteiger partial charge on any atom is -0.378 e. The molecule has 0 spiro atoms. The van der Waals surface area contributed by atoms with Gasteiger partial charge in [-0.15, -0.1) is 0 Å². The van der Waals surface area contributed by atoms with E-state index in [0.717, 1.165) is 4.47 Å². The van der Waals surface area contributed by atoms with Crippen molar-refractivity contribution in [1.82, 2.24) is 0 Å². The zero-order valence-electron chi connectivity index (χ0n) is 9.33. The van der Waals surface area contributed by atoms with Crippen molar-refractivity contribution in [1.29, 1.82) is 0 Å². The summed E-state index contributed by atoms with van der Waals surface area (Å²) >= 11 is 5.23. The third kappa shape index (κ3) is 2.66. The predicted molar refractivity (Wildman–Crippen MR) is 75.2 cm³/mol. The van der Waals surface area contributed by atoms with Gasteiger partial charge in [-0.1, -0.05) is 22.0 Å². The lowest BCUT2D eigenvalue weighted by Gasteiger charge is -2.16. The van der Waals surface area contributed by atoms with Gasteiger partial charge in [0.15, 0.2) is 0 Å². The summed E-state index contributed by atoms with van der Waals surface area (Å²) < 4.78 is 1.11. The van der Waals surface area contributed by atoms with E-state index >= 15 is 0 Å².